The number of sulfonamides is 1. The lowest BCUT2D eigenvalue weighted by Gasteiger charge is -2.47. The minimum atomic E-state index is -3.77. The predicted molar refractivity (Wildman–Crippen MR) is 103 cm³/mol. The minimum Gasteiger partial charge on any atom is -0.339 e. The molecule has 0 aliphatic carbocycles. The van der Waals surface area contributed by atoms with Crippen LogP contribution >= 0.6 is 11.3 Å². The van der Waals surface area contributed by atoms with Crippen LogP contribution in [0.25, 0.3) is 0 Å². The maximum absolute atomic E-state index is 13.0. The summed E-state index contributed by atoms with van der Waals surface area (Å²) in [5.74, 6) is -0.388. The maximum atomic E-state index is 13.0. The molecule has 0 N–H and O–H groups in total. The number of aryl methyl sites for hydroxylation is 1. The van der Waals surface area contributed by atoms with Crippen LogP contribution in [0.5, 0.6) is 0 Å². The number of hydrogen-bond donors (Lipinski definition) is 0. The molecule has 2 aromatic rings. The SMILES string of the molecule is CC(=O)N1CC(=O)N(c2ccsc2)C[C@@]12CCN(S(=O)(=O)c1cn(C)cn1)C2. The molecule has 0 unspecified atom stereocenters. The van der Waals surface area contributed by atoms with Crippen molar-refractivity contribution in [2.45, 2.75) is 23.9 Å². The molecule has 0 aromatic carbocycles. The first kappa shape index (κ1) is 19.1. The first-order valence-corrected chi connectivity index (χ1v) is 11.2. The Labute approximate surface area is 167 Å². The van der Waals surface area contributed by atoms with Gasteiger partial charge in [0.1, 0.15) is 6.54 Å². The number of thiophene rings is 1. The highest BCUT2D eigenvalue weighted by atomic mass is 32.2. The molecule has 4 heterocycles. The molecule has 1 atom stereocenters. The van der Waals surface area contributed by atoms with E-state index in [0.717, 1.165) is 5.69 Å². The van der Waals surface area contributed by atoms with Crippen LogP contribution in [0.3, 0.4) is 0 Å². The topological polar surface area (TPSA) is 95.8 Å². The molecule has 0 saturated carbocycles. The quantitative estimate of drug-likeness (QED) is 0.717. The minimum absolute atomic E-state index is 0.0111. The summed E-state index contributed by atoms with van der Waals surface area (Å²) in [6.07, 6.45) is 3.37. The van der Waals surface area contributed by atoms with Gasteiger partial charge in [-0.25, -0.2) is 13.4 Å². The Morgan fingerprint density at radius 2 is 2.11 bits per heavy atom. The summed E-state index contributed by atoms with van der Waals surface area (Å²) >= 11 is 1.49. The van der Waals surface area contributed by atoms with Gasteiger partial charge in [0.2, 0.25) is 11.8 Å². The van der Waals surface area contributed by atoms with E-state index in [0.29, 0.717) is 6.42 Å². The number of amides is 2. The molecule has 28 heavy (non-hydrogen) atoms. The molecule has 9 nitrogen and oxygen atoms in total. The highest BCUT2D eigenvalue weighted by Crippen LogP contribution is 2.36. The molecule has 2 fully saturated rings. The summed E-state index contributed by atoms with van der Waals surface area (Å²) in [6.45, 7) is 2.05. The Bertz CT molecular complexity index is 1020. The molecule has 150 valence electrons. The fourth-order valence-electron chi connectivity index (χ4n) is 3.98. The van der Waals surface area contributed by atoms with Gasteiger partial charge >= 0.3 is 0 Å². The molecule has 4 rings (SSSR count). The lowest BCUT2D eigenvalue weighted by molar-refractivity contribution is -0.142. The van der Waals surface area contributed by atoms with Crippen molar-refractivity contribution in [3.63, 3.8) is 0 Å². The number of rotatable bonds is 3. The van der Waals surface area contributed by atoms with Crippen molar-refractivity contribution in [3.05, 3.63) is 29.4 Å². The van der Waals surface area contributed by atoms with E-state index in [4.69, 9.17) is 0 Å². The fourth-order valence-corrected chi connectivity index (χ4v) is 6.10. The lowest BCUT2D eigenvalue weighted by atomic mass is 9.92. The first-order chi connectivity index (χ1) is 13.2. The Morgan fingerprint density at radius 1 is 1.32 bits per heavy atom. The average molecular weight is 424 g/mol. The summed E-state index contributed by atoms with van der Waals surface area (Å²) < 4.78 is 28.9. The van der Waals surface area contributed by atoms with Gasteiger partial charge < -0.3 is 14.4 Å². The standard InChI is InChI=1S/C17H21N5O4S2/c1-13(23)22-8-16(24)21(14-3-6-27-9-14)11-17(22)4-5-20(10-17)28(25,26)15-7-19(2)12-18-15/h3,6-7,9,12H,4-5,8,10-11H2,1-2H3/t17-/m0/s1. The number of anilines is 1. The van der Waals surface area contributed by atoms with Gasteiger partial charge in [-0.2, -0.15) is 15.6 Å². The van der Waals surface area contributed by atoms with Gasteiger partial charge in [0, 0.05) is 38.6 Å². The number of carbonyl (C=O) groups is 2. The van der Waals surface area contributed by atoms with E-state index in [1.54, 1.807) is 16.5 Å². The number of imidazole rings is 1. The number of hydrogen-bond acceptors (Lipinski definition) is 6. The molecule has 1 spiro atoms. The van der Waals surface area contributed by atoms with E-state index >= 15 is 0 Å². The second kappa shape index (κ2) is 6.68. The van der Waals surface area contributed by atoms with Crippen LogP contribution in [0.4, 0.5) is 5.69 Å². The first-order valence-electron chi connectivity index (χ1n) is 8.82. The number of carbonyl (C=O) groups excluding carboxylic acids is 2. The van der Waals surface area contributed by atoms with Crippen LogP contribution < -0.4 is 4.90 Å². The van der Waals surface area contributed by atoms with Crippen molar-refractivity contribution in [3.8, 4) is 0 Å². The van der Waals surface area contributed by atoms with Gasteiger partial charge in [-0.15, -0.1) is 0 Å². The van der Waals surface area contributed by atoms with Crippen LogP contribution in [-0.2, 0) is 26.7 Å². The zero-order valence-corrected chi connectivity index (χ0v) is 17.2. The van der Waals surface area contributed by atoms with E-state index in [2.05, 4.69) is 4.98 Å². The van der Waals surface area contributed by atoms with Gasteiger partial charge in [0.25, 0.3) is 10.0 Å². The normalized spacial score (nSPS) is 23.7. The van der Waals surface area contributed by atoms with E-state index in [9.17, 15) is 18.0 Å². The highest BCUT2D eigenvalue weighted by Gasteiger charge is 2.52. The molecule has 0 radical (unpaired) electrons. The van der Waals surface area contributed by atoms with Crippen molar-refractivity contribution >= 4 is 38.9 Å². The average Bonchev–Trinajstić information content (AvgIpc) is 3.38. The third-order valence-electron chi connectivity index (χ3n) is 5.40. The van der Waals surface area contributed by atoms with Crippen molar-refractivity contribution in [2.75, 3.05) is 31.1 Å². The summed E-state index contributed by atoms with van der Waals surface area (Å²) in [6, 6.07) is 1.86. The number of piperazine rings is 1. The second-order valence-corrected chi connectivity index (χ2v) is 9.92. The maximum Gasteiger partial charge on any atom is 0.262 e. The zero-order chi connectivity index (χ0) is 20.1. The largest absolute Gasteiger partial charge is 0.339 e. The molecule has 2 saturated heterocycles. The Hall–Kier alpha value is -2.24. The van der Waals surface area contributed by atoms with Crippen molar-refractivity contribution in [2.24, 2.45) is 7.05 Å². The van der Waals surface area contributed by atoms with Crippen LogP contribution in [0.15, 0.2) is 34.4 Å². The van der Waals surface area contributed by atoms with E-state index in [-0.39, 0.29) is 43.0 Å². The number of aromatic nitrogens is 2. The highest BCUT2D eigenvalue weighted by molar-refractivity contribution is 7.89. The molecule has 2 amide bonds. The van der Waals surface area contributed by atoms with Crippen LogP contribution in [-0.4, -0.2) is 70.7 Å². The zero-order valence-electron chi connectivity index (χ0n) is 15.6. The van der Waals surface area contributed by atoms with Crippen LogP contribution in [0, 0.1) is 0 Å². The third-order valence-corrected chi connectivity index (χ3v) is 7.80. The predicted octanol–water partition coefficient (Wildman–Crippen LogP) is 0.510. The molecule has 2 aromatic heterocycles. The third kappa shape index (κ3) is 3.03. The Kier molecular flexibility index (Phi) is 4.55. The Morgan fingerprint density at radius 3 is 2.71 bits per heavy atom. The monoisotopic (exact) mass is 423 g/mol. The van der Waals surface area contributed by atoms with Gasteiger partial charge in [-0.05, 0) is 17.9 Å². The van der Waals surface area contributed by atoms with Crippen molar-refractivity contribution in [1.29, 1.82) is 0 Å². The van der Waals surface area contributed by atoms with Gasteiger partial charge in [0.15, 0.2) is 5.03 Å². The molecular weight excluding hydrogens is 402 g/mol. The van der Waals surface area contributed by atoms with E-state index in [1.165, 1.54) is 40.0 Å². The van der Waals surface area contributed by atoms with E-state index < -0.39 is 15.6 Å². The van der Waals surface area contributed by atoms with Crippen LogP contribution in [0.2, 0.25) is 0 Å². The Balaban J connectivity index is 1.66. The molecule has 11 heteroatoms. The van der Waals surface area contributed by atoms with Crippen LogP contribution in [0.1, 0.15) is 13.3 Å². The molecule has 0 bridgehead atoms. The summed E-state index contributed by atoms with van der Waals surface area (Å²) in [7, 11) is -2.06. The molecule has 2 aliphatic rings. The molecule has 2 aliphatic heterocycles. The summed E-state index contributed by atoms with van der Waals surface area (Å²) in [5.41, 5.74) is 0.0346. The number of nitrogens with zero attached hydrogens (tertiary/aromatic N) is 5. The van der Waals surface area contributed by atoms with Crippen molar-refractivity contribution < 1.29 is 18.0 Å². The van der Waals surface area contributed by atoms with Crippen molar-refractivity contribution in [1.82, 2.24) is 18.8 Å². The summed E-state index contributed by atoms with van der Waals surface area (Å²) in [5, 5.41) is 3.76. The summed E-state index contributed by atoms with van der Waals surface area (Å²) in [4.78, 5) is 32.1. The lowest BCUT2D eigenvalue weighted by Crippen LogP contribution is -2.66. The fraction of sp³-hybridized carbons (Fsp3) is 0.471. The van der Waals surface area contributed by atoms with Gasteiger partial charge in [-0.3, -0.25) is 9.59 Å². The second-order valence-electron chi connectivity index (χ2n) is 7.26. The molecular formula is C17H21N5O4S2. The van der Waals surface area contributed by atoms with Gasteiger partial charge in [-0.1, -0.05) is 0 Å². The van der Waals surface area contributed by atoms with Gasteiger partial charge in [0.05, 0.1) is 24.1 Å². The smallest absolute Gasteiger partial charge is 0.262 e. The van der Waals surface area contributed by atoms with E-state index in [1.807, 2.05) is 16.8 Å².